The normalized spacial score (nSPS) is 13.1. The van der Waals surface area contributed by atoms with Crippen molar-refractivity contribution in [3.05, 3.63) is 163 Å². The second-order valence-corrected chi connectivity index (χ2v) is 12.5. The lowest BCUT2D eigenvalue weighted by Crippen LogP contribution is -2.05. The topological polar surface area (TPSA) is 32.3 Å². The zero-order valence-electron chi connectivity index (χ0n) is 24.7. The van der Waals surface area contributed by atoms with Crippen molar-refractivity contribution < 1.29 is 5.11 Å². The fourth-order valence-corrected chi connectivity index (χ4v) is 7.67. The average molecular weight is 598 g/mol. The van der Waals surface area contributed by atoms with E-state index < -0.39 is 0 Å². The molecule has 0 radical (unpaired) electrons. The molecule has 0 unspecified atom stereocenters. The molecule has 45 heavy (non-hydrogen) atoms. The number of allylic oxidation sites excluding steroid dienone is 3. The number of rotatable bonds is 6. The number of aromatic hydroxyl groups is 1. The average Bonchev–Trinajstić information content (AvgIpc) is 3.49. The van der Waals surface area contributed by atoms with Crippen LogP contribution in [0.3, 0.4) is 0 Å². The van der Waals surface area contributed by atoms with Gasteiger partial charge in [-0.1, -0.05) is 109 Å². The van der Waals surface area contributed by atoms with Gasteiger partial charge in [0, 0.05) is 37.1 Å². The predicted molar refractivity (Wildman–Crippen MR) is 193 cm³/mol. The Bertz CT molecular complexity index is 2240. The maximum Gasteiger partial charge on any atom is 0.123 e. The van der Waals surface area contributed by atoms with Gasteiger partial charge in [0.15, 0.2) is 0 Å². The van der Waals surface area contributed by atoms with Crippen LogP contribution in [0.1, 0.15) is 18.4 Å². The Labute approximate surface area is 267 Å². The molecule has 6 aromatic carbocycles. The van der Waals surface area contributed by atoms with E-state index in [4.69, 9.17) is 0 Å². The molecule has 7 aromatic rings. The Morgan fingerprint density at radius 1 is 0.578 bits per heavy atom. The van der Waals surface area contributed by atoms with E-state index in [2.05, 4.69) is 139 Å². The molecule has 0 spiro atoms. The highest BCUT2D eigenvalue weighted by molar-refractivity contribution is 7.25. The van der Waals surface area contributed by atoms with Crippen molar-refractivity contribution in [1.82, 2.24) is 0 Å². The summed E-state index contributed by atoms with van der Waals surface area (Å²) in [5.74, 6) is 0.300. The third-order valence-electron chi connectivity index (χ3n) is 8.67. The van der Waals surface area contributed by atoms with Crippen LogP contribution < -0.4 is 5.32 Å². The van der Waals surface area contributed by atoms with Gasteiger partial charge in [0.2, 0.25) is 0 Å². The highest BCUT2D eigenvalue weighted by Gasteiger charge is 2.20. The molecule has 0 atom stereocenters. The van der Waals surface area contributed by atoms with Gasteiger partial charge in [-0.2, -0.15) is 0 Å². The number of phenolic OH excluding ortho intramolecular Hbond substituents is 1. The number of phenols is 1. The fraction of sp³-hybridized carbons (Fsp3) is 0.0476. The molecule has 1 aliphatic carbocycles. The van der Waals surface area contributed by atoms with Gasteiger partial charge in [-0.05, 0) is 94.3 Å². The lowest BCUT2D eigenvalue weighted by molar-refractivity contribution is 0.473. The minimum atomic E-state index is 0.300. The molecular weight excluding hydrogens is 567 g/mol. The van der Waals surface area contributed by atoms with E-state index in [0.29, 0.717) is 5.75 Å². The first-order chi connectivity index (χ1) is 22.2. The van der Waals surface area contributed by atoms with Crippen molar-refractivity contribution >= 4 is 42.8 Å². The molecule has 8 rings (SSSR count). The number of hydrogen-bond donors (Lipinski definition) is 2. The lowest BCUT2D eigenvalue weighted by Gasteiger charge is -2.22. The van der Waals surface area contributed by atoms with Crippen LogP contribution in [0.5, 0.6) is 5.75 Å². The third kappa shape index (κ3) is 5.12. The first kappa shape index (κ1) is 27.2. The molecule has 1 aromatic heterocycles. The van der Waals surface area contributed by atoms with Crippen molar-refractivity contribution in [3.8, 4) is 39.1 Å². The summed E-state index contributed by atoms with van der Waals surface area (Å²) in [7, 11) is 0. The Morgan fingerprint density at radius 3 is 2.18 bits per heavy atom. The molecule has 0 amide bonds. The minimum absolute atomic E-state index is 0.300. The molecule has 3 heteroatoms. The Kier molecular flexibility index (Phi) is 7.01. The molecule has 1 heterocycles. The van der Waals surface area contributed by atoms with Gasteiger partial charge < -0.3 is 10.4 Å². The number of fused-ring (bicyclic) bond motifs is 3. The molecule has 0 bridgehead atoms. The highest BCUT2D eigenvalue weighted by atomic mass is 32.1. The van der Waals surface area contributed by atoms with Gasteiger partial charge >= 0.3 is 0 Å². The third-order valence-corrected chi connectivity index (χ3v) is 9.81. The maximum atomic E-state index is 11.3. The molecule has 0 aliphatic heterocycles. The number of anilines is 1. The lowest BCUT2D eigenvalue weighted by atomic mass is 9.87. The van der Waals surface area contributed by atoms with Crippen LogP contribution in [0.4, 0.5) is 5.69 Å². The summed E-state index contributed by atoms with van der Waals surface area (Å²) in [6.07, 6.45) is 6.13. The van der Waals surface area contributed by atoms with E-state index in [1.54, 1.807) is 6.07 Å². The number of benzene rings is 6. The second-order valence-electron chi connectivity index (χ2n) is 11.5. The fourth-order valence-electron chi connectivity index (χ4n) is 6.54. The Balaban J connectivity index is 1.16. The zero-order valence-corrected chi connectivity index (χ0v) is 25.5. The molecule has 216 valence electrons. The Morgan fingerprint density at radius 2 is 1.29 bits per heavy atom. The van der Waals surface area contributed by atoms with Crippen LogP contribution in [-0.2, 0) is 0 Å². The van der Waals surface area contributed by atoms with Crippen LogP contribution in [0.2, 0.25) is 0 Å². The summed E-state index contributed by atoms with van der Waals surface area (Å²) < 4.78 is 2.63. The number of thiophene rings is 1. The van der Waals surface area contributed by atoms with Gasteiger partial charge in [0.1, 0.15) is 5.75 Å². The van der Waals surface area contributed by atoms with Crippen LogP contribution in [-0.4, -0.2) is 5.11 Å². The minimum Gasteiger partial charge on any atom is -0.507 e. The summed E-state index contributed by atoms with van der Waals surface area (Å²) in [5, 5.41) is 17.6. The van der Waals surface area contributed by atoms with Crippen LogP contribution in [0.25, 0.3) is 59.1 Å². The summed E-state index contributed by atoms with van der Waals surface area (Å²) in [6, 6.07) is 48.9. The first-order valence-electron chi connectivity index (χ1n) is 15.4. The molecular formula is C42H31NOS. The maximum absolute atomic E-state index is 11.3. The number of hydrogen-bond acceptors (Lipinski definition) is 3. The summed E-state index contributed by atoms with van der Waals surface area (Å²) in [4.78, 5) is 0. The predicted octanol–water partition coefficient (Wildman–Crippen LogP) is 11.9. The highest BCUT2D eigenvalue weighted by Crippen LogP contribution is 2.43. The van der Waals surface area contributed by atoms with Crippen LogP contribution >= 0.6 is 11.3 Å². The first-order valence-corrected chi connectivity index (χ1v) is 16.2. The van der Waals surface area contributed by atoms with Gasteiger partial charge in [-0.3, -0.25) is 0 Å². The van der Waals surface area contributed by atoms with Crippen molar-refractivity contribution in [2.45, 2.75) is 12.8 Å². The van der Waals surface area contributed by atoms with Crippen molar-refractivity contribution in [1.29, 1.82) is 0 Å². The van der Waals surface area contributed by atoms with Crippen molar-refractivity contribution in [2.75, 3.05) is 5.32 Å². The monoisotopic (exact) mass is 597 g/mol. The Hall–Kier alpha value is -5.38. The second kappa shape index (κ2) is 11.6. The summed E-state index contributed by atoms with van der Waals surface area (Å²) >= 11 is 1.85. The quantitative estimate of drug-likeness (QED) is 0.200. The van der Waals surface area contributed by atoms with Crippen molar-refractivity contribution in [3.63, 3.8) is 0 Å². The largest absolute Gasteiger partial charge is 0.507 e. The van der Waals surface area contributed by atoms with E-state index in [9.17, 15) is 5.11 Å². The molecule has 2 nitrogen and oxygen atoms in total. The van der Waals surface area contributed by atoms with Crippen LogP contribution in [0.15, 0.2) is 157 Å². The van der Waals surface area contributed by atoms with E-state index in [-0.39, 0.29) is 0 Å². The van der Waals surface area contributed by atoms with Gasteiger partial charge in [-0.25, -0.2) is 0 Å². The summed E-state index contributed by atoms with van der Waals surface area (Å²) in [5.41, 5.74) is 10.9. The zero-order chi connectivity index (χ0) is 30.2. The SMILES string of the molecule is Oc1cccc(-c2cccc(-c3ccccc3)c2)c1C1=C(Nc2ccc(-c3cccc4sc5ccccc5c34)cc2)C=CCC1. The molecule has 1 aliphatic rings. The van der Waals surface area contributed by atoms with E-state index in [1.165, 1.54) is 36.9 Å². The van der Waals surface area contributed by atoms with Crippen molar-refractivity contribution in [2.24, 2.45) is 0 Å². The molecule has 0 fully saturated rings. The standard InChI is InChI=1S/C42H31NOS/c44-38-20-9-17-34(31-14-8-13-30(27-31)28-11-2-1-3-12-28)41(38)35-15-4-6-19-37(35)43-32-25-23-29(24-26-32)33-18-10-22-40-42(33)36-16-5-7-21-39(36)45-40/h1-3,5-14,16-27,43-44H,4,15H2. The summed E-state index contributed by atoms with van der Waals surface area (Å²) in [6.45, 7) is 0. The van der Waals surface area contributed by atoms with E-state index in [1.807, 2.05) is 23.5 Å². The molecule has 0 saturated heterocycles. The van der Waals surface area contributed by atoms with Gasteiger partial charge in [-0.15, -0.1) is 11.3 Å². The van der Waals surface area contributed by atoms with Gasteiger partial charge in [0.25, 0.3) is 0 Å². The van der Waals surface area contributed by atoms with Crippen LogP contribution in [0, 0.1) is 0 Å². The molecule has 2 N–H and O–H groups in total. The van der Waals surface area contributed by atoms with Gasteiger partial charge in [0.05, 0.1) is 0 Å². The smallest absolute Gasteiger partial charge is 0.123 e. The van der Waals surface area contributed by atoms with E-state index in [0.717, 1.165) is 52.1 Å². The molecule has 0 saturated carbocycles. The van der Waals surface area contributed by atoms with E-state index >= 15 is 0 Å². The number of nitrogens with one attached hydrogen (secondary N) is 1.